The number of benzene rings is 1. The van der Waals surface area contributed by atoms with Crippen LogP contribution >= 0.6 is 0 Å². The lowest BCUT2D eigenvalue weighted by atomic mass is 9.78. The molecule has 1 unspecified atom stereocenters. The Bertz CT molecular complexity index is 876. The number of amides is 1. The van der Waals surface area contributed by atoms with Crippen LogP contribution in [0.15, 0.2) is 28.8 Å². The topological polar surface area (TPSA) is 86.9 Å². The Balaban J connectivity index is 1.26. The molecule has 0 N–H and O–H groups in total. The van der Waals surface area contributed by atoms with Crippen molar-refractivity contribution in [3.8, 4) is 5.75 Å². The van der Waals surface area contributed by atoms with Crippen molar-refractivity contribution in [1.29, 1.82) is 0 Å². The first-order chi connectivity index (χ1) is 15.0. The van der Waals surface area contributed by atoms with Gasteiger partial charge < -0.3 is 23.6 Å². The molecule has 2 saturated heterocycles. The number of carbonyl (C=O) groups excluding carboxylic acids is 1. The van der Waals surface area contributed by atoms with E-state index in [4.69, 9.17) is 18.7 Å². The molecule has 2 fully saturated rings. The lowest BCUT2D eigenvalue weighted by Crippen LogP contribution is -2.51. The molecule has 3 heterocycles. The Morgan fingerprint density at radius 1 is 1.32 bits per heavy atom. The van der Waals surface area contributed by atoms with Crippen LogP contribution in [-0.4, -0.2) is 60.0 Å². The predicted molar refractivity (Wildman–Crippen MR) is 113 cm³/mol. The molecule has 2 aliphatic heterocycles. The van der Waals surface area contributed by atoms with Crippen LogP contribution in [0, 0.1) is 12.8 Å². The normalized spacial score (nSPS) is 20.7. The van der Waals surface area contributed by atoms with E-state index in [2.05, 4.69) is 10.1 Å². The molecular formula is C23H31N3O5. The Hall–Kier alpha value is -2.45. The fraction of sp³-hybridized carbons (Fsp3) is 0.609. The van der Waals surface area contributed by atoms with Crippen LogP contribution in [0.2, 0.25) is 0 Å². The van der Waals surface area contributed by atoms with Gasteiger partial charge >= 0.3 is 0 Å². The molecule has 0 saturated carbocycles. The number of carbonyl (C=O) groups is 1. The first-order valence-electron chi connectivity index (χ1n) is 11.0. The summed E-state index contributed by atoms with van der Waals surface area (Å²) < 4.78 is 22.2. The average Bonchev–Trinajstić information content (AvgIpc) is 3.20. The van der Waals surface area contributed by atoms with E-state index in [0.717, 1.165) is 55.8 Å². The van der Waals surface area contributed by atoms with Gasteiger partial charge in [0.05, 0.1) is 5.60 Å². The second-order valence-electron chi connectivity index (χ2n) is 8.62. The van der Waals surface area contributed by atoms with E-state index in [1.165, 1.54) is 0 Å². The molecule has 8 heteroatoms. The number of likely N-dealkylation sites (tertiary alicyclic amines) is 1. The van der Waals surface area contributed by atoms with Gasteiger partial charge in [0.15, 0.2) is 12.4 Å². The zero-order valence-electron chi connectivity index (χ0n) is 18.3. The van der Waals surface area contributed by atoms with Gasteiger partial charge in [-0.25, -0.2) is 0 Å². The summed E-state index contributed by atoms with van der Waals surface area (Å²) in [6, 6.07) is 7.76. The third-order valence-electron chi connectivity index (χ3n) is 6.22. The fourth-order valence-electron chi connectivity index (χ4n) is 4.57. The number of nitrogens with zero attached hydrogens (tertiary/aromatic N) is 3. The molecular weight excluding hydrogens is 398 g/mol. The van der Waals surface area contributed by atoms with Gasteiger partial charge in [-0.2, -0.15) is 4.98 Å². The van der Waals surface area contributed by atoms with E-state index in [-0.39, 0.29) is 18.1 Å². The van der Waals surface area contributed by atoms with Gasteiger partial charge in [0.2, 0.25) is 0 Å². The maximum absolute atomic E-state index is 12.6. The summed E-state index contributed by atoms with van der Waals surface area (Å²) in [6.45, 7) is 4.54. The standard InChI is InChI=1S/C23H31N3O5/c1-17-4-3-5-19(12-17)29-16-22(27)26-9-7-23(8-10-26)14-18(6-11-30-23)13-20-24-21(15-28-2)31-25-20/h3-5,12,18H,6-11,13-16H2,1-2H3. The van der Waals surface area contributed by atoms with Crippen molar-refractivity contribution < 1.29 is 23.5 Å². The molecule has 8 nitrogen and oxygen atoms in total. The van der Waals surface area contributed by atoms with Crippen LogP contribution in [-0.2, 0) is 27.3 Å². The van der Waals surface area contributed by atoms with Crippen LogP contribution < -0.4 is 4.74 Å². The minimum Gasteiger partial charge on any atom is -0.484 e. The summed E-state index contributed by atoms with van der Waals surface area (Å²) in [6.07, 6.45) is 4.43. The fourth-order valence-corrected chi connectivity index (χ4v) is 4.57. The average molecular weight is 430 g/mol. The first kappa shape index (κ1) is 21.8. The number of hydrogen-bond acceptors (Lipinski definition) is 7. The van der Waals surface area contributed by atoms with E-state index in [1.807, 2.05) is 36.1 Å². The van der Waals surface area contributed by atoms with Gasteiger partial charge in [-0.1, -0.05) is 17.3 Å². The highest BCUT2D eigenvalue weighted by Crippen LogP contribution is 2.38. The lowest BCUT2D eigenvalue weighted by Gasteiger charge is -2.46. The maximum Gasteiger partial charge on any atom is 0.260 e. The highest BCUT2D eigenvalue weighted by Gasteiger charge is 2.41. The monoisotopic (exact) mass is 429 g/mol. The Kier molecular flexibility index (Phi) is 6.87. The Labute approximate surface area is 182 Å². The summed E-state index contributed by atoms with van der Waals surface area (Å²) in [7, 11) is 1.61. The van der Waals surface area contributed by atoms with E-state index in [1.54, 1.807) is 7.11 Å². The van der Waals surface area contributed by atoms with Crippen LogP contribution in [0.1, 0.15) is 43.0 Å². The molecule has 168 valence electrons. The smallest absolute Gasteiger partial charge is 0.260 e. The summed E-state index contributed by atoms with van der Waals surface area (Å²) in [5.41, 5.74) is 0.959. The molecule has 1 amide bonds. The Morgan fingerprint density at radius 3 is 2.94 bits per heavy atom. The minimum atomic E-state index is -0.157. The van der Waals surface area contributed by atoms with Gasteiger partial charge in [0, 0.05) is 33.2 Å². The van der Waals surface area contributed by atoms with Crippen molar-refractivity contribution in [1.82, 2.24) is 15.0 Å². The lowest BCUT2D eigenvalue weighted by molar-refractivity contribution is -0.148. The molecule has 0 radical (unpaired) electrons. The SMILES string of the molecule is COCc1nc(CC2CCOC3(CCN(C(=O)COc4cccc(C)c4)CC3)C2)no1. The van der Waals surface area contributed by atoms with E-state index < -0.39 is 0 Å². The van der Waals surface area contributed by atoms with E-state index >= 15 is 0 Å². The predicted octanol–water partition coefficient (Wildman–Crippen LogP) is 2.93. The molecule has 1 spiro atoms. The molecule has 1 aromatic carbocycles. The van der Waals surface area contributed by atoms with Crippen LogP contribution in [0.25, 0.3) is 0 Å². The van der Waals surface area contributed by atoms with Gasteiger partial charge in [0.1, 0.15) is 12.4 Å². The number of ether oxygens (including phenoxy) is 3. The molecule has 1 aromatic heterocycles. The maximum atomic E-state index is 12.6. The zero-order valence-corrected chi connectivity index (χ0v) is 18.3. The quantitative estimate of drug-likeness (QED) is 0.669. The van der Waals surface area contributed by atoms with Gasteiger partial charge in [-0.15, -0.1) is 0 Å². The van der Waals surface area contributed by atoms with Crippen LogP contribution in [0.4, 0.5) is 0 Å². The molecule has 0 bridgehead atoms. The summed E-state index contributed by atoms with van der Waals surface area (Å²) in [5, 5.41) is 4.07. The summed E-state index contributed by atoms with van der Waals surface area (Å²) >= 11 is 0. The van der Waals surface area contributed by atoms with E-state index in [0.29, 0.717) is 31.5 Å². The van der Waals surface area contributed by atoms with Crippen LogP contribution in [0.5, 0.6) is 5.75 Å². The molecule has 0 aliphatic carbocycles. The first-order valence-corrected chi connectivity index (χ1v) is 11.0. The Morgan fingerprint density at radius 2 is 2.16 bits per heavy atom. The number of aryl methyl sites for hydroxylation is 1. The number of hydrogen-bond donors (Lipinski definition) is 0. The summed E-state index contributed by atoms with van der Waals surface area (Å²) in [5.74, 6) is 2.46. The zero-order chi connectivity index (χ0) is 21.7. The third-order valence-corrected chi connectivity index (χ3v) is 6.22. The number of rotatable bonds is 7. The van der Waals surface area contributed by atoms with Crippen molar-refractivity contribution in [2.75, 3.05) is 33.4 Å². The third kappa shape index (κ3) is 5.62. The van der Waals surface area contributed by atoms with Crippen LogP contribution in [0.3, 0.4) is 0 Å². The largest absolute Gasteiger partial charge is 0.484 e. The van der Waals surface area contributed by atoms with Crippen molar-refractivity contribution >= 4 is 5.91 Å². The summed E-state index contributed by atoms with van der Waals surface area (Å²) in [4.78, 5) is 18.9. The molecule has 1 atom stereocenters. The number of aromatic nitrogens is 2. The second kappa shape index (κ2) is 9.78. The number of piperidine rings is 1. The van der Waals surface area contributed by atoms with Crippen molar-refractivity contribution in [3.05, 3.63) is 41.5 Å². The molecule has 31 heavy (non-hydrogen) atoms. The molecule has 2 aromatic rings. The van der Waals surface area contributed by atoms with Crippen molar-refractivity contribution in [2.45, 2.75) is 51.2 Å². The van der Waals surface area contributed by atoms with Gasteiger partial charge in [-0.3, -0.25) is 4.79 Å². The second-order valence-corrected chi connectivity index (χ2v) is 8.62. The highest BCUT2D eigenvalue weighted by atomic mass is 16.5. The highest BCUT2D eigenvalue weighted by molar-refractivity contribution is 5.77. The van der Waals surface area contributed by atoms with Crippen molar-refractivity contribution in [3.63, 3.8) is 0 Å². The van der Waals surface area contributed by atoms with Gasteiger partial charge in [0.25, 0.3) is 11.8 Å². The molecule has 4 rings (SSSR count). The minimum absolute atomic E-state index is 0.0289. The number of methoxy groups -OCH3 is 1. The van der Waals surface area contributed by atoms with Crippen molar-refractivity contribution in [2.24, 2.45) is 5.92 Å². The molecule has 2 aliphatic rings. The van der Waals surface area contributed by atoms with Gasteiger partial charge in [-0.05, 0) is 56.2 Å². The van der Waals surface area contributed by atoms with E-state index in [9.17, 15) is 4.79 Å².